The molecule has 0 atom stereocenters. The smallest absolute Gasteiger partial charge is 0.340 e. The number of hydrogen-bond donors (Lipinski definition) is 0. The molecule has 0 bridgehead atoms. The van der Waals surface area contributed by atoms with Crippen LogP contribution in [-0.2, 0) is 21.4 Å². The number of rotatable bonds is 7. The van der Waals surface area contributed by atoms with Crippen molar-refractivity contribution in [3.05, 3.63) is 87.9 Å². The molecule has 0 heterocycles. The van der Waals surface area contributed by atoms with Crippen LogP contribution >= 0.6 is 11.6 Å². The Morgan fingerprint density at radius 1 is 1.03 bits per heavy atom. The summed E-state index contributed by atoms with van der Waals surface area (Å²) < 4.78 is 38.2. The van der Waals surface area contributed by atoms with Crippen LogP contribution in [0.1, 0.15) is 27.0 Å². The van der Waals surface area contributed by atoms with Crippen LogP contribution in [0, 0.1) is 13.8 Å². The van der Waals surface area contributed by atoms with Gasteiger partial charge < -0.3 is 9.47 Å². The normalized spacial score (nSPS) is 11.2. The number of sulfonamides is 1. The van der Waals surface area contributed by atoms with Crippen LogP contribution in [0.2, 0.25) is 5.02 Å². The molecule has 0 radical (unpaired) electrons. The van der Waals surface area contributed by atoms with E-state index >= 15 is 0 Å². The largest absolute Gasteiger partial charge is 0.495 e. The number of hydrogen-bond acceptors (Lipinski definition) is 5. The fourth-order valence-electron chi connectivity index (χ4n) is 3.18. The molecule has 0 aliphatic carbocycles. The Bertz CT molecular complexity index is 1260. The van der Waals surface area contributed by atoms with Crippen LogP contribution in [0.25, 0.3) is 0 Å². The van der Waals surface area contributed by atoms with Gasteiger partial charge in [-0.15, -0.1) is 0 Å². The Morgan fingerprint density at radius 3 is 2.47 bits per heavy atom. The first-order chi connectivity index (χ1) is 15.1. The molecule has 0 aromatic heterocycles. The summed E-state index contributed by atoms with van der Waals surface area (Å²) in [5.74, 6) is -0.298. The summed E-state index contributed by atoms with van der Waals surface area (Å²) in [5.41, 5.74) is 3.25. The van der Waals surface area contributed by atoms with Crippen LogP contribution in [0.15, 0.2) is 65.6 Å². The van der Waals surface area contributed by atoms with E-state index in [1.807, 2.05) is 32.0 Å². The first kappa shape index (κ1) is 23.6. The van der Waals surface area contributed by atoms with Crippen LogP contribution in [-0.4, -0.2) is 28.5 Å². The summed E-state index contributed by atoms with van der Waals surface area (Å²) >= 11 is 6.19. The van der Waals surface area contributed by atoms with Crippen molar-refractivity contribution in [1.29, 1.82) is 0 Å². The van der Waals surface area contributed by atoms with E-state index < -0.39 is 16.0 Å². The van der Waals surface area contributed by atoms with Crippen molar-refractivity contribution in [2.75, 3.05) is 18.5 Å². The zero-order valence-electron chi connectivity index (χ0n) is 18.3. The number of nitrogens with zero attached hydrogens (tertiary/aromatic N) is 1. The molecule has 8 heteroatoms. The maximum atomic E-state index is 13.2. The zero-order chi connectivity index (χ0) is 23.5. The van der Waals surface area contributed by atoms with Crippen molar-refractivity contribution < 1.29 is 22.7 Å². The standard InChI is InChI=1S/C24H24ClNO5S/c1-16-9-10-17(2)18(13-16)15-31-24(27)20-14-19(11-12-21(20)25)32(28,29)26(3)22-7-5-6-8-23(22)30-4/h5-14H,15H2,1-4H3. The van der Waals surface area contributed by atoms with E-state index in [0.717, 1.165) is 21.0 Å². The van der Waals surface area contributed by atoms with E-state index in [-0.39, 0.29) is 22.1 Å². The van der Waals surface area contributed by atoms with Crippen molar-refractivity contribution in [1.82, 2.24) is 0 Å². The number of esters is 1. The molecule has 32 heavy (non-hydrogen) atoms. The molecule has 0 fully saturated rings. The molecule has 3 rings (SSSR count). The molecule has 0 unspecified atom stereocenters. The number of benzene rings is 3. The molecule has 3 aromatic carbocycles. The molecular weight excluding hydrogens is 450 g/mol. The maximum absolute atomic E-state index is 13.2. The predicted octanol–water partition coefficient (Wildman–Crippen LogP) is 5.15. The molecular formula is C24H24ClNO5S. The van der Waals surface area contributed by atoms with E-state index in [1.165, 1.54) is 32.4 Å². The van der Waals surface area contributed by atoms with Crippen molar-refractivity contribution in [2.24, 2.45) is 0 Å². The second-order valence-electron chi connectivity index (χ2n) is 7.29. The minimum atomic E-state index is -3.99. The molecule has 0 aliphatic heterocycles. The minimum absolute atomic E-state index is 0.0218. The van der Waals surface area contributed by atoms with Gasteiger partial charge in [0.05, 0.1) is 28.3 Å². The number of methoxy groups -OCH3 is 1. The van der Waals surface area contributed by atoms with Crippen LogP contribution in [0.4, 0.5) is 5.69 Å². The van der Waals surface area contributed by atoms with Crippen LogP contribution in [0.5, 0.6) is 5.75 Å². The van der Waals surface area contributed by atoms with Crippen molar-refractivity contribution in [3.63, 3.8) is 0 Å². The molecule has 0 spiro atoms. The second-order valence-corrected chi connectivity index (χ2v) is 9.67. The van der Waals surface area contributed by atoms with Gasteiger partial charge in [0.2, 0.25) is 0 Å². The third kappa shape index (κ3) is 4.89. The molecule has 0 amide bonds. The summed E-state index contributed by atoms with van der Waals surface area (Å²) in [6.45, 7) is 3.94. The molecule has 0 aliphatic rings. The lowest BCUT2D eigenvalue weighted by Crippen LogP contribution is -2.27. The van der Waals surface area contributed by atoms with Crippen LogP contribution < -0.4 is 9.04 Å². The monoisotopic (exact) mass is 473 g/mol. The first-order valence-electron chi connectivity index (χ1n) is 9.80. The SMILES string of the molecule is COc1ccccc1N(C)S(=O)(=O)c1ccc(Cl)c(C(=O)OCc2cc(C)ccc2C)c1. The molecule has 0 saturated carbocycles. The zero-order valence-corrected chi connectivity index (χ0v) is 19.8. The molecule has 0 N–H and O–H groups in total. The molecule has 3 aromatic rings. The summed E-state index contributed by atoms with van der Waals surface area (Å²) in [5, 5.41) is 0.106. The van der Waals surface area contributed by atoms with Gasteiger partial charge in [0.25, 0.3) is 10.0 Å². The fourth-order valence-corrected chi connectivity index (χ4v) is 4.60. The highest BCUT2D eigenvalue weighted by atomic mass is 35.5. The minimum Gasteiger partial charge on any atom is -0.495 e. The number of halogens is 1. The first-order valence-corrected chi connectivity index (χ1v) is 11.6. The number of aryl methyl sites for hydroxylation is 2. The number of ether oxygens (including phenoxy) is 2. The van der Waals surface area contributed by atoms with Gasteiger partial charge >= 0.3 is 5.97 Å². The van der Waals surface area contributed by atoms with Crippen molar-refractivity contribution >= 4 is 33.3 Å². The lowest BCUT2D eigenvalue weighted by atomic mass is 10.1. The summed E-state index contributed by atoms with van der Waals surface area (Å²) in [6, 6.07) is 16.6. The van der Waals surface area contributed by atoms with Gasteiger partial charge in [-0.1, -0.05) is 47.5 Å². The number of para-hydroxylation sites is 2. The van der Waals surface area contributed by atoms with Gasteiger partial charge in [-0.2, -0.15) is 0 Å². The molecule has 0 saturated heterocycles. The van der Waals surface area contributed by atoms with E-state index in [4.69, 9.17) is 21.1 Å². The quantitative estimate of drug-likeness (QED) is 0.444. The predicted molar refractivity (Wildman–Crippen MR) is 125 cm³/mol. The summed E-state index contributed by atoms with van der Waals surface area (Å²) in [6.07, 6.45) is 0. The average Bonchev–Trinajstić information content (AvgIpc) is 2.79. The van der Waals surface area contributed by atoms with E-state index in [2.05, 4.69) is 0 Å². The maximum Gasteiger partial charge on any atom is 0.340 e. The van der Waals surface area contributed by atoms with Gasteiger partial charge in [0.1, 0.15) is 12.4 Å². The Kier molecular flexibility index (Phi) is 7.11. The number of carbonyl (C=O) groups is 1. The average molecular weight is 474 g/mol. The second kappa shape index (κ2) is 9.63. The fraction of sp³-hybridized carbons (Fsp3) is 0.208. The highest BCUT2D eigenvalue weighted by Gasteiger charge is 2.26. The van der Waals surface area contributed by atoms with Crippen molar-refractivity contribution in [3.8, 4) is 5.75 Å². The Balaban J connectivity index is 1.88. The Hall–Kier alpha value is -3.03. The molecule has 168 valence electrons. The van der Waals surface area contributed by atoms with E-state index in [1.54, 1.807) is 24.3 Å². The van der Waals surface area contributed by atoms with Crippen LogP contribution in [0.3, 0.4) is 0 Å². The lowest BCUT2D eigenvalue weighted by Gasteiger charge is -2.22. The molecule has 6 nitrogen and oxygen atoms in total. The third-order valence-corrected chi connectivity index (χ3v) is 7.20. The number of carbonyl (C=O) groups excluding carboxylic acids is 1. The van der Waals surface area contributed by atoms with Gasteiger partial charge in [0.15, 0.2) is 0 Å². The highest BCUT2D eigenvalue weighted by Crippen LogP contribution is 2.32. The van der Waals surface area contributed by atoms with Gasteiger partial charge in [-0.05, 0) is 55.3 Å². The topological polar surface area (TPSA) is 72.9 Å². The third-order valence-electron chi connectivity index (χ3n) is 5.10. The van der Waals surface area contributed by atoms with Gasteiger partial charge in [-0.3, -0.25) is 4.31 Å². The number of anilines is 1. The Morgan fingerprint density at radius 2 is 1.75 bits per heavy atom. The summed E-state index contributed by atoms with van der Waals surface area (Å²) in [7, 11) is -1.11. The van der Waals surface area contributed by atoms with E-state index in [9.17, 15) is 13.2 Å². The summed E-state index contributed by atoms with van der Waals surface area (Å²) in [4.78, 5) is 12.6. The van der Waals surface area contributed by atoms with Crippen molar-refractivity contribution in [2.45, 2.75) is 25.3 Å². The van der Waals surface area contributed by atoms with Gasteiger partial charge in [0, 0.05) is 7.05 Å². The van der Waals surface area contributed by atoms with Gasteiger partial charge in [-0.25, -0.2) is 13.2 Å². The van der Waals surface area contributed by atoms with E-state index in [0.29, 0.717) is 11.4 Å². The Labute approximate surface area is 193 Å². The highest BCUT2D eigenvalue weighted by molar-refractivity contribution is 7.92. The lowest BCUT2D eigenvalue weighted by molar-refractivity contribution is 0.0472.